The van der Waals surface area contributed by atoms with Gasteiger partial charge >= 0.3 is 5.97 Å². The van der Waals surface area contributed by atoms with Gasteiger partial charge in [0.25, 0.3) is 0 Å². The second-order valence-electron chi connectivity index (χ2n) is 3.72. The van der Waals surface area contributed by atoms with E-state index in [2.05, 4.69) is 14.8 Å². The summed E-state index contributed by atoms with van der Waals surface area (Å²) in [6.45, 7) is 1.92. The average Bonchev–Trinajstić information content (AvgIpc) is 2.68. The van der Waals surface area contributed by atoms with Gasteiger partial charge in [-0.05, 0) is 25.1 Å². The average molecular weight is 231 g/mol. The van der Waals surface area contributed by atoms with Crippen molar-refractivity contribution in [2.45, 2.75) is 6.92 Å². The fourth-order valence-electron chi connectivity index (χ4n) is 1.63. The third-order valence-corrected chi connectivity index (χ3v) is 2.45. The van der Waals surface area contributed by atoms with Crippen molar-refractivity contribution < 1.29 is 9.53 Å². The van der Waals surface area contributed by atoms with Crippen LogP contribution in [0, 0.1) is 6.92 Å². The number of carbonyl (C=O) groups excluding carboxylic acids is 1. The van der Waals surface area contributed by atoms with E-state index in [0.29, 0.717) is 5.56 Å². The second kappa shape index (κ2) is 4.37. The minimum atomic E-state index is -0.384. The molecule has 0 amide bonds. The van der Waals surface area contributed by atoms with Crippen molar-refractivity contribution in [3.05, 3.63) is 35.7 Å². The Hall–Kier alpha value is -2.17. The van der Waals surface area contributed by atoms with Crippen molar-refractivity contribution in [1.82, 2.24) is 14.8 Å². The Morgan fingerprint density at radius 2 is 2.18 bits per heavy atom. The van der Waals surface area contributed by atoms with E-state index >= 15 is 0 Å². The highest BCUT2D eigenvalue weighted by molar-refractivity contribution is 5.89. The lowest BCUT2D eigenvalue weighted by Gasteiger charge is -2.02. The molecule has 0 aliphatic heterocycles. The Morgan fingerprint density at radius 3 is 2.65 bits per heavy atom. The Morgan fingerprint density at radius 1 is 1.41 bits per heavy atom. The monoisotopic (exact) mass is 231 g/mol. The topological polar surface area (TPSA) is 57.0 Å². The van der Waals surface area contributed by atoms with Crippen molar-refractivity contribution in [2.24, 2.45) is 7.05 Å². The molecule has 5 nitrogen and oxygen atoms in total. The molecule has 0 saturated heterocycles. The third kappa shape index (κ3) is 2.18. The van der Waals surface area contributed by atoms with E-state index in [1.165, 1.54) is 13.3 Å². The molecule has 5 heteroatoms. The fraction of sp³-hybridized carbons (Fsp3) is 0.250. The first-order valence-electron chi connectivity index (χ1n) is 5.17. The maximum atomic E-state index is 11.3. The summed E-state index contributed by atoms with van der Waals surface area (Å²) in [6.07, 6.45) is 1.50. The number of methoxy groups -OCH3 is 1. The van der Waals surface area contributed by atoms with Crippen LogP contribution >= 0.6 is 0 Å². The molecule has 0 aromatic carbocycles. The molecule has 0 atom stereocenters. The lowest BCUT2D eigenvalue weighted by Crippen LogP contribution is -2.02. The molecule has 0 saturated carbocycles. The molecule has 17 heavy (non-hydrogen) atoms. The van der Waals surface area contributed by atoms with Crippen LogP contribution in [0.5, 0.6) is 0 Å². The molecule has 0 aliphatic rings. The number of carbonyl (C=O) groups is 1. The van der Waals surface area contributed by atoms with E-state index in [1.807, 2.05) is 20.0 Å². The van der Waals surface area contributed by atoms with Gasteiger partial charge in [-0.1, -0.05) is 0 Å². The Labute approximate surface area is 99.1 Å². The predicted molar refractivity (Wildman–Crippen MR) is 62.5 cm³/mol. The van der Waals surface area contributed by atoms with E-state index in [-0.39, 0.29) is 5.97 Å². The standard InChI is InChI=1S/C12H13N3O2/c1-8-6-11(15(2)14-8)10-5-4-9(7-13-10)12(16)17-3/h4-7H,1-3H3. The number of aromatic nitrogens is 3. The molecular formula is C12H13N3O2. The number of rotatable bonds is 2. The number of pyridine rings is 1. The Bertz CT molecular complexity index is 543. The van der Waals surface area contributed by atoms with Gasteiger partial charge in [-0.3, -0.25) is 9.67 Å². The molecule has 2 rings (SSSR count). The van der Waals surface area contributed by atoms with Gasteiger partial charge in [0.1, 0.15) is 0 Å². The summed E-state index contributed by atoms with van der Waals surface area (Å²) in [4.78, 5) is 15.5. The van der Waals surface area contributed by atoms with E-state index < -0.39 is 0 Å². The largest absolute Gasteiger partial charge is 0.465 e. The Balaban J connectivity index is 2.35. The quantitative estimate of drug-likeness (QED) is 0.736. The molecule has 0 fully saturated rings. The number of ether oxygens (including phenoxy) is 1. The number of esters is 1. The van der Waals surface area contributed by atoms with Gasteiger partial charge in [0.2, 0.25) is 0 Å². The first-order chi connectivity index (χ1) is 8.11. The Kier molecular flexibility index (Phi) is 2.91. The molecule has 2 aromatic heterocycles. The van der Waals surface area contributed by atoms with Crippen LogP contribution in [0.1, 0.15) is 16.1 Å². The number of nitrogens with zero attached hydrogens (tertiary/aromatic N) is 3. The SMILES string of the molecule is COC(=O)c1ccc(-c2cc(C)nn2C)nc1. The maximum absolute atomic E-state index is 11.3. The van der Waals surface area contributed by atoms with Crippen LogP contribution in [-0.2, 0) is 11.8 Å². The van der Waals surface area contributed by atoms with E-state index in [0.717, 1.165) is 17.1 Å². The van der Waals surface area contributed by atoms with Crippen LogP contribution in [0.4, 0.5) is 0 Å². The summed E-state index contributed by atoms with van der Waals surface area (Å²) in [7, 11) is 3.21. The van der Waals surface area contributed by atoms with Crippen molar-refractivity contribution in [3.8, 4) is 11.4 Å². The zero-order valence-electron chi connectivity index (χ0n) is 9.97. The minimum absolute atomic E-state index is 0.384. The minimum Gasteiger partial charge on any atom is -0.465 e. The van der Waals surface area contributed by atoms with Crippen molar-refractivity contribution in [2.75, 3.05) is 7.11 Å². The lowest BCUT2D eigenvalue weighted by atomic mass is 10.2. The van der Waals surface area contributed by atoms with Crippen LogP contribution in [0.25, 0.3) is 11.4 Å². The summed E-state index contributed by atoms with van der Waals surface area (Å²) in [5, 5.41) is 4.25. The van der Waals surface area contributed by atoms with Crippen molar-refractivity contribution in [1.29, 1.82) is 0 Å². The highest BCUT2D eigenvalue weighted by Crippen LogP contribution is 2.17. The van der Waals surface area contributed by atoms with Crippen LogP contribution in [0.15, 0.2) is 24.4 Å². The highest BCUT2D eigenvalue weighted by atomic mass is 16.5. The molecule has 88 valence electrons. The molecule has 0 unspecified atom stereocenters. The molecule has 0 aliphatic carbocycles. The summed E-state index contributed by atoms with van der Waals surface area (Å²) in [5.41, 5.74) is 3.07. The molecular weight excluding hydrogens is 218 g/mol. The lowest BCUT2D eigenvalue weighted by molar-refractivity contribution is 0.0600. The van der Waals surface area contributed by atoms with E-state index in [1.54, 1.807) is 16.8 Å². The number of hydrogen-bond donors (Lipinski definition) is 0. The van der Waals surface area contributed by atoms with E-state index in [9.17, 15) is 4.79 Å². The molecule has 0 spiro atoms. The van der Waals surface area contributed by atoms with Crippen LogP contribution in [0.3, 0.4) is 0 Å². The molecule has 2 heterocycles. The van der Waals surface area contributed by atoms with Crippen LogP contribution < -0.4 is 0 Å². The number of aryl methyl sites for hydroxylation is 2. The molecule has 0 radical (unpaired) electrons. The van der Waals surface area contributed by atoms with Crippen molar-refractivity contribution in [3.63, 3.8) is 0 Å². The summed E-state index contributed by atoms with van der Waals surface area (Å²) < 4.78 is 6.37. The smallest absolute Gasteiger partial charge is 0.339 e. The zero-order valence-corrected chi connectivity index (χ0v) is 9.97. The fourth-order valence-corrected chi connectivity index (χ4v) is 1.63. The van der Waals surface area contributed by atoms with Gasteiger partial charge in [0.15, 0.2) is 0 Å². The predicted octanol–water partition coefficient (Wildman–Crippen LogP) is 1.58. The highest BCUT2D eigenvalue weighted by Gasteiger charge is 2.09. The van der Waals surface area contributed by atoms with E-state index in [4.69, 9.17) is 0 Å². The van der Waals surface area contributed by atoms with Crippen molar-refractivity contribution >= 4 is 5.97 Å². The third-order valence-electron chi connectivity index (χ3n) is 2.45. The normalized spacial score (nSPS) is 10.3. The van der Waals surface area contributed by atoms with Gasteiger partial charge < -0.3 is 4.74 Å². The molecule has 0 N–H and O–H groups in total. The first kappa shape index (κ1) is 11.3. The van der Waals surface area contributed by atoms with Crippen LogP contribution in [0.2, 0.25) is 0 Å². The van der Waals surface area contributed by atoms with Gasteiger partial charge in [-0.25, -0.2) is 4.79 Å². The van der Waals surface area contributed by atoms with Gasteiger partial charge in [-0.2, -0.15) is 5.10 Å². The van der Waals surface area contributed by atoms with Gasteiger partial charge in [-0.15, -0.1) is 0 Å². The summed E-state index contributed by atoms with van der Waals surface area (Å²) in [5.74, 6) is -0.384. The number of hydrogen-bond acceptors (Lipinski definition) is 4. The van der Waals surface area contributed by atoms with Gasteiger partial charge in [0.05, 0.1) is 29.8 Å². The summed E-state index contributed by atoms with van der Waals surface area (Å²) in [6, 6.07) is 5.42. The molecule has 0 bridgehead atoms. The van der Waals surface area contributed by atoms with Gasteiger partial charge in [0, 0.05) is 13.2 Å². The first-order valence-corrected chi connectivity index (χ1v) is 5.17. The zero-order chi connectivity index (χ0) is 12.4. The summed E-state index contributed by atoms with van der Waals surface area (Å²) >= 11 is 0. The molecule has 2 aromatic rings. The maximum Gasteiger partial charge on any atom is 0.339 e. The van der Waals surface area contributed by atoms with Crippen LogP contribution in [-0.4, -0.2) is 27.8 Å². The second-order valence-corrected chi connectivity index (χ2v) is 3.72.